The molecule has 0 aromatic heterocycles. The Bertz CT molecular complexity index is 404. The second kappa shape index (κ2) is 2.88. The number of hydrogen-bond acceptors (Lipinski definition) is 1. The molecule has 14 heavy (non-hydrogen) atoms. The molecule has 0 amide bonds. The van der Waals surface area contributed by atoms with Gasteiger partial charge in [0.2, 0.25) is 0 Å². The summed E-state index contributed by atoms with van der Waals surface area (Å²) in [6.07, 6.45) is 6.35. The molecule has 1 aromatic carbocycles. The van der Waals surface area contributed by atoms with E-state index in [9.17, 15) is 0 Å². The van der Waals surface area contributed by atoms with Crippen molar-refractivity contribution in [2.45, 2.75) is 32.3 Å². The van der Waals surface area contributed by atoms with Crippen molar-refractivity contribution in [3.05, 3.63) is 35.4 Å². The fourth-order valence-electron chi connectivity index (χ4n) is 2.37. The molecular weight excluding hydrogens is 172 g/mol. The van der Waals surface area contributed by atoms with Gasteiger partial charge in [-0.1, -0.05) is 18.2 Å². The van der Waals surface area contributed by atoms with Gasteiger partial charge < -0.3 is 4.74 Å². The van der Waals surface area contributed by atoms with E-state index in [0.717, 1.165) is 5.75 Å². The van der Waals surface area contributed by atoms with Gasteiger partial charge in [-0.05, 0) is 43.4 Å². The highest BCUT2D eigenvalue weighted by Gasteiger charge is 2.29. The van der Waals surface area contributed by atoms with Gasteiger partial charge >= 0.3 is 0 Å². The first kappa shape index (κ1) is 8.10. The van der Waals surface area contributed by atoms with Gasteiger partial charge in [0.1, 0.15) is 11.9 Å². The van der Waals surface area contributed by atoms with Crippen LogP contribution in [-0.4, -0.2) is 6.10 Å². The van der Waals surface area contributed by atoms with Crippen LogP contribution in [-0.2, 0) is 0 Å². The maximum Gasteiger partial charge on any atom is 0.128 e. The van der Waals surface area contributed by atoms with Crippen molar-refractivity contribution in [1.29, 1.82) is 0 Å². The van der Waals surface area contributed by atoms with Crippen LogP contribution in [0, 0.1) is 6.92 Å². The Hall–Kier alpha value is -1.24. The highest BCUT2D eigenvalue weighted by Crippen LogP contribution is 2.42. The monoisotopic (exact) mass is 186 g/mol. The molecule has 1 aliphatic carbocycles. The highest BCUT2D eigenvalue weighted by atomic mass is 16.5. The van der Waals surface area contributed by atoms with E-state index in [1.54, 1.807) is 0 Å². The van der Waals surface area contributed by atoms with E-state index in [1.165, 1.54) is 36.0 Å². The third kappa shape index (κ3) is 1.08. The second-order valence-electron chi connectivity index (χ2n) is 4.20. The first-order valence-electron chi connectivity index (χ1n) is 5.32. The van der Waals surface area contributed by atoms with E-state index in [-0.39, 0.29) is 0 Å². The van der Waals surface area contributed by atoms with E-state index in [1.807, 2.05) is 0 Å². The molecule has 1 heteroatoms. The highest BCUT2D eigenvalue weighted by molar-refractivity contribution is 5.77. The topological polar surface area (TPSA) is 9.23 Å². The van der Waals surface area contributed by atoms with E-state index < -0.39 is 0 Å². The average Bonchev–Trinajstić information content (AvgIpc) is 2.54. The third-order valence-electron chi connectivity index (χ3n) is 3.10. The molecule has 2 aliphatic rings. The second-order valence-corrected chi connectivity index (χ2v) is 4.20. The summed E-state index contributed by atoms with van der Waals surface area (Å²) in [4.78, 5) is 0. The van der Waals surface area contributed by atoms with Crippen LogP contribution in [0.25, 0.3) is 5.57 Å². The first-order chi connectivity index (χ1) is 6.84. The molecule has 1 heterocycles. The van der Waals surface area contributed by atoms with Crippen molar-refractivity contribution in [2.75, 3.05) is 0 Å². The molecule has 0 spiro atoms. The average molecular weight is 186 g/mol. The Morgan fingerprint density at radius 2 is 2.29 bits per heavy atom. The molecule has 3 rings (SSSR count). The largest absolute Gasteiger partial charge is 0.485 e. The van der Waals surface area contributed by atoms with Gasteiger partial charge in [0.05, 0.1) is 0 Å². The van der Waals surface area contributed by atoms with E-state index in [2.05, 4.69) is 31.2 Å². The van der Waals surface area contributed by atoms with E-state index in [4.69, 9.17) is 4.74 Å². The van der Waals surface area contributed by atoms with Crippen LogP contribution in [0.3, 0.4) is 0 Å². The summed E-state index contributed by atoms with van der Waals surface area (Å²) in [5.41, 5.74) is 4.02. The summed E-state index contributed by atoms with van der Waals surface area (Å²) in [5, 5.41) is 0. The summed E-state index contributed by atoms with van der Waals surface area (Å²) in [6.45, 7) is 2.11. The maximum atomic E-state index is 5.92. The van der Waals surface area contributed by atoms with Gasteiger partial charge in [0, 0.05) is 5.56 Å². The lowest BCUT2D eigenvalue weighted by Crippen LogP contribution is -2.14. The minimum Gasteiger partial charge on any atom is -0.485 e. The summed E-state index contributed by atoms with van der Waals surface area (Å²) in [6, 6.07) is 6.51. The van der Waals surface area contributed by atoms with Crippen LogP contribution in [0.2, 0.25) is 0 Å². The Balaban J connectivity index is 2.12. The number of fused-ring (bicyclic) bond motifs is 3. The lowest BCUT2D eigenvalue weighted by Gasteiger charge is -2.16. The van der Waals surface area contributed by atoms with Gasteiger partial charge in [0.15, 0.2) is 0 Å². The van der Waals surface area contributed by atoms with Gasteiger partial charge in [-0.15, -0.1) is 0 Å². The molecular formula is C13H14O. The summed E-state index contributed by atoms with van der Waals surface area (Å²) < 4.78 is 5.92. The maximum absolute atomic E-state index is 5.92. The zero-order chi connectivity index (χ0) is 9.54. The van der Waals surface area contributed by atoms with Crippen molar-refractivity contribution in [3.63, 3.8) is 0 Å². The van der Waals surface area contributed by atoms with E-state index >= 15 is 0 Å². The number of rotatable bonds is 0. The molecule has 0 saturated carbocycles. The molecule has 1 unspecified atom stereocenters. The van der Waals surface area contributed by atoms with Crippen molar-refractivity contribution in [3.8, 4) is 5.75 Å². The lowest BCUT2D eigenvalue weighted by molar-refractivity contribution is 0.257. The van der Waals surface area contributed by atoms with Crippen LogP contribution in [0.5, 0.6) is 5.75 Å². The Kier molecular flexibility index (Phi) is 1.66. The minimum atomic E-state index is 0.348. The number of aryl methyl sites for hydroxylation is 1. The van der Waals surface area contributed by atoms with Crippen molar-refractivity contribution >= 4 is 5.57 Å². The summed E-state index contributed by atoms with van der Waals surface area (Å²) in [5.74, 6) is 1.09. The fourth-order valence-corrected chi connectivity index (χ4v) is 2.37. The van der Waals surface area contributed by atoms with Crippen molar-refractivity contribution in [1.82, 2.24) is 0 Å². The zero-order valence-electron chi connectivity index (χ0n) is 8.42. The van der Waals surface area contributed by atoms with Crippen LogP contribution >= 0.6 is 0 Å². The first-order valence-corrected chi connectivity index (χ1v) is 5.32. The number of hydrogen-bond donors (Lipinski definition) is 0. The normalized spacial score (nSPS) is 23.5. The molecule has 0 fully saturated rings. The quantitative estimate of drug-likeness (QED) is 0.604. The SMILES string of the molecule is Cc1ccc2c(c1)OC1CCCC=C21. The van der Waals surface area contributed by atoms with Gasteiger partial charge in [-0.2, -0.15) is 0 Å². The lowest BCUT2D eigenvalue weighted by atomic mass is 9.93. The van der Waals surface area contributed by atoms with Gasteiger partial charge in [-0.25, -0.2) is 0 Å². The summed E-state index contributed by atoms with van der Waals surface area (Å²) >= 11 is 0. The van der Waals surface area contributed by atoms with Crippen molar-refractivity contribution < 1.29 is 4.74 Å². The Labute approximate surface area is 84.4 Å². The predicted octanol–water partition coefficient (Wildman–Crippen LogP) is 3.32. The van der Waals surface area contributed by atoms with Crippen LogP contribution in [0.1, 0.15) is 30.4 Å². The molecule has 0 radical (unpaired) electrons. The molecule has 0 N–H and O–H groups in total. The van der Waals surface area contributed by atoms with Gasteiger partial charge in [-0.3, -0.25) is 0 Å². The van der Waals surface area contributed by atoms with Crippen LogP contribution < -0.4 is 4.74 Å². The fraction of sp³-hybridized carbons (Fsp3) is 0.385. The van der Waals surface area contributed by atoms with Crippen LogP contribution in [0.15, 0.2) is 24.3 Å². The number of benzene rings is 1. The number of allylic oxidation sites excluding steroid dienone is 1. The number of ether oxygens (including phenoxy) is 1. The minimum absolute atomic E-state index is 0.348. The molecule has 1 aromatic rings. The molecule has 1 atom stereocenters. The smallest absolute Gasteiger partial charge is 0.128 e. The molecule has 1 aliphatic heterocycles. The summed E-state index contributed by atoms with van der Waals surface area (Å²) in [7, 11) is 0. The standard InChI is InChI=1S/C13H14O/c1-9-6-7-11-10-4-2-3-5-12(10)14-13(11)8-9/h4,6-8,12H,2-3,5H2,1H3. The molecule has 0 saturated heterocycles. The Morgan fingerprint density at radius 3 is 3.21 bits per heavy atom. The van der Waals surface area contributed by atoms with E-state index in [0.29, 0.717) is 6.10 Å². The zero-order valence-corrected chi connectivity index (χ0v) is 8.42. The molecule has 1 nitrogen and oxygen atoms in total. The third-order valence-corrected chi connectivity index (χ3v) is 3.10. The predicted molar refractivity (Wildman–Crippen MR) is 57.4 cm³/mol. The molecule has 72 valence electrons. The van der Waals surface area contributed by atoms with Crippen LogP contribution in [0.4, 0.5) is 0 Å². The van der Waals surface area contributed by atoms with Crippen molar-refractivity contribution in [2.24, 2.45) is 0 Å². The van der Waals surface area contributed by atoms with Gasteiger partial charge in [0.25, 0.3) is 0 Å². The Morgan fingerprint density at radius 1 is 1.36 bits per heavy atom. The molecule has 0 bridgehead atoms.